The fourth-order valence-electron chi connectivity index (χ4n) is 3.67. The molecule has 1 aliphatic carbocycles. The third-order valence-corrected chi connectivity index (χ3v) is 10.6. The van der Waals surface area contributed by atoms with E-state index in [0.717, 1.165) is 12.1 Å². The summed E-state index contributed by atoms with van der Waals surface area (Å²) in [6.07, 6.45) is 0.951. The third-order valence-electron chi connectivity index (χ3n) is 5.96. The molecule has 6 nitrogen and oxygen atoms in total. The number of halogens is 3. The molecule has 1 saturated carbocycles. The molecule has 4 rings (SSSR count). The minimum atomic E-state index is -3.77. The molecule has 11 heteroatoms. The summed E-state index contributed by atoms with van der Waals surface area (Å²) in [6, 6.07) is 13.2. The van der Waals surface area contributed by atoms with Crippen molar-refractivity contribution < 1.29 is 30.4 Å². The second-order valence-electron chi connectivity index (χ2n) is 9.30. The number of rotatable bonds is 10. The summed E-state index contributed by atoms with van der Waals surface area (Å²) in [4.78, 5) is 0. The minimum Gasteiger partial charge on any atom is -0.455 e. The number of nitrogens with one attached hydrogen (secondary N) is 1. The average Bonchev–Trinajstić information content (AvgIpc) is 3.64. The van der Waals surface area contributed by atoms with E-state index in [0.29, 0.717) is 22.0 Å². The van der Waals surface area contributed by atoms with Crippen LogP contribution < -0.4 is 9.46 Å². The number of anilines is 1. The highest BCUT2D eigenvalue weighted by Gasteiger charge is 2.37. The van der Waals surface area contributed by atoms with Crippen LogP contribution in [0.3, 0.4) is 0 Å². The van der Waals surface area contributed by atoms with Gasteiger partial charge in [-0.15, -0.1) is 0 Å². The van der Waals surface area contributed by atoms with Gasteiger partial charge < -0.3 is 4.74 Å². The van der Waals surface area contributed by atoms with E-state index >= 15 is 0 Å². The summed E-state index contributed by atoms with van der Waals surface area (Å²) in [5.74, 6) is -1.28. The van der Waals surface area contributed by atoms with Crippen LogP contribution >= 0.6 is 22.6 Å². The minimum absolute atomic E-state index is 0.0199. The van der Waals surface area contributed by atoms with Gasteiger partial charge in [-0.3, -0.25) is 4.72 Å². The lowest BCUT2D eigenvalue weighted by atomic mass is 10.0. The maximum atomic E-state index is 14.7. The summed E-state index contributed by atoms with van der Waals surface area (Å²) < 4.78 is 88.9. The van der Waals surface area contributed by atoms with Crippen LogP contribution in [0.5, 0.6) is 11.5 Å². The van der Waals surface area contributed by atoms with Crippen molar-refractivity contribution >= 4 is 48.1 Å². The second-order valence-corrected chi connectivity index (χ2v) is 15.1. The zero-order chi connectivity index (χ0) is 27.0. The summed E-state index contributed by atoms with van der Waals surface area (Å²) in [5.41, 5.74) is 0.970. The Morgan fingerprint density at radius 1 is 1.00 bits per heavy atom. The normalized spacial score (nSPS) is 14.1. The molecule has 3 aromatic carbocycles. The van der Waals surface area contributed by atoms with E-state index in [4.69, 9.17) is 4.74 Å². The average molecular weight is 662 g/mol. The van der Waals surface area contributed by atoms with E-state index in [-0.39, 0.29) is 40.5 Å². The maximum absolute atomic E-state index is 14.7. The molecule has 0 atom stereocenters. The van der Waals surface area contributed by atoms with Crippen LogP contribution in [-0.2, 0) is 32.0 Å². The molecule has 1 aliphatic rings. The Morgan fingerprint density at radius 3 is 2.38 bits per heavy atom. The summed E-state index contributed by atoms with van der Waals surface area (Å²) in [7, 11) is -7.14. The quantitative estimate of drug-likeness (QED) is 0.262. The van der Waals surface area contributed by atoms with Crippen molar-refractivity contribution in [2.45, 2.75) is 49.4 Å². The first-order valence-corrected chi connectivity index (χ1v) is 15.9. The Bertz CT molecular complexity index is 1540. The first kappa shape index (κ1) is 27.8. The van der Waals surface area contributed by atoms with E-state index in [9.17, 15) is 25.6 Å². The molecule has 3 aromatic rings. The van der Waals surface area contributed by atoms with Gasteiger partial charge in [0.2, 0.25) is 10.0 Å². The Kier molecular flexibility index (Phi) is 8.15. The van der Waals surface area contributed by atoms with E-state index < -0.39 is 42.0 Å². The van der Waals surface area contributed by atoms with Gasteiger partial charge in [-0.2, -0.15) is 0 Å². The molecule has 0 amide bonds. The highest BCUT2D eigenvalue weighted by atomic mass is 127. The first-order valence-electron chi connectivity index (χ1n) is 11.6. The molecule has 198 valence electrons. The lowest BCUT2D eigenvalue weighted by molar-refractivity contribution is 0.477. The van der Waals surface area contributed by atoms with Gasteiger partial charge in [0.25, 0.3) is 0 Å². The van der Waals surface area contributed by atoms with Gasteiger partial charge in [0.1, 0.15) is 17.4 Å². The van der Waals surface area contributed by atoms with Crippen molar-refractivity contribution in [3.05, 3.63) is 86.5 Å². The Hall–Kier alpha value is -2.25. The Balaban J connectivity index is 1.74. The van der Waals surface area contributed by atoms with Gasteiger partial charge in [-0.25, -0.2) is 25.6 Å². The van der Waals surface area contributed by atoms with Crippen LogP contribution in [0.2, 0.25) is 0 Å². The van der Waals surface area contributed by atoms with Crippen LogP contribution in [0.1, 0.15) is 43.4 Å². The molecule has 0 aromatic heterocycles. The number of sulfonamides is 1. The molecular weight excluding hydrogens is 635 g/mol. The maximum Gasteiger partial charge on any atom is 0.235 e. The highest BCUT2D eigenvalue weighted by molar-refractivity contribution is 14.1. The number of benzene rings is 3. The fraction of sp³-hybridized carbons (Fsp3) is 0.308. The predicted octanol–water partition coefficient (Wildman–Crippen LogP) is 6.18. The topological polar surface area (TPSA) is 89.5 Å². The summed E-state index contributed by atoms with van der Waals surface area (Å²) in [5, 5.41) is -1.12. The second kappa shape index (κ2) is 10.9. The number of hydrogen-bond donors (Lipinski definition) is 1. The molecular formula is C26H26F2INO5S2. The largest absolute Gasteiger partial charge is 0.455 e. The van der Waals surface area contributed by atoms with Crippen molar-refractivity contribution in [1.29, 1.82) is 0 Å². The molecule has 0 unspecified atom stereocenters. The zero-order valence-electron chi connectivity index (χ0n) is 20.2. The molecule has 37 heavy (non-hydrogen) atoms. The Labute approximate surface area is 229 Å². The third kappa shape index (κ3) is 6.99. The van der Waals surface area contributed by atoms with Crippen LogP contribution in [0.15, 0.2) is 54.6 Å². The van der Waals surface area contributed by atoms with Crippen molar-refractivity contribution in [3.8, 4) is 11.5 Å². The van der Waals surface area contributed by atoms with Gasteiger partial charge in [0.05, 0.1) is 21.9 Å². The fourth-order valence-corrected chi connectivity index (χ4v) is 6.54. The predicted molar refractivity (Wildman–Crippen MR) is 148 cm³/mol. The molecule has 0 aliphatic heterocycles. The van der Waals surface area contributed by atoms with Gasteiger partial charge >= 0.3 is 0 Å². The summed E-state index contributed by atoms with van der Waals surface area (Å²) >= 11 is 1.98. The summed E-state index contributed by atoms with van der Waals surface area (Å²) in [6.45, 7) is 3.19. The van der Waals surface area contributed by atoms with Crippen molar-refractivity contribution in [1.82, 2.24) is 0 Å². The van der Waals surface area contributed by atoms with Crippen molar-refractivity contribution in [2.24, 2.45) is 0 Å². The number of sulfone groups is 1. The zero-order valence-corrected chi connectivity index (χ0v) is 24.0. The smallest absolute Gasteiger partial charge is 0.235 e. The van der Waals surface area contributed by atoms with Crippen LogP contribution in [0.4, 0.5) is 14.5 Å². The van der Waals surface area contributed by atoms with E-state index in [1.54, 1.807) is 44.2 Å². The molecule has 0 heterocycles. The lowest BCUT2D eigenvalue weighted by Crippen LogP contribution is -2.19. The first-order chi connectivity index (χ1) is 17.3. The van der Waals surface area contributed by atoms with Gasteiger partial charge in [-0.05, 0) is 96.3 Å². The molecule has 0 bridgehead atoms. The van der Waals surface area contributed by atoms with E-state index in [1.165, 1.54) is 12.1 Å². The van der Waals surface area contributed by atoms with Crippen LogP contribution in [-0.4, -0.2) is 27.3 Å². The monoisotopic (exact) mass is 661 g/mol. The van der Waals surface area contributed by atoms with E-state index in [1.807, 2.05) is 22.6 Å². The van der Waals surface area contributed by atoms with Crippen LogP contribution in [0, 0.1) is 15.2 Å². The SMILES string of the molecule is CC(C)S(=O)(=O)Cc1cccc(Oc2cc(F)cc(Cc3ccc(I)cc3F)c2NS(=O)(=O)C2CC2)c1. The molecule has 0 radical (unpaired) electrons. The molecule has 1 N–H and O–H groups in total. The van der Waals surface area contributed by atoms with Gasteiger partial charge in [0.15, 0.2) is 15.6 Å². The van der Waals surface area contributed by atoms with Gasteiger partial charge in [-0.1, -0.05) is 18.2 Å². The van der Waals surface area contributed by atoms with Crippen molar-refractivity contribution in [2.75, 3.05) is 4.72 Å². The standard InChI is InChI=1S/C26H26F2INO5S2/c1-16(2)36(31,32)15-17-4-3-5-22(10-17)35-25-13-20(27)12-19(11-18-6-7-21(29)14-24(18)28)26(25)30-37(33,34)23-8-9-23/h3-7,10,12-14,16,23,30H,8-9,11,15H2,1-2H3. The Morgan fingerprint density at radius 2 is 1.73 bits per heavy atom. The van der Waals surface area contributed by atoms with Crippen LogP contribution in [0.25, 0.3) is 0 Å². The molecule has 1 fully saturated rings. The van der Waals surface area contributed by atoms with Gasteiger partial charge in [0, 0.05) is 16.1 Å². The number of hydrogen-bond acceptors (Lipinski definition) is 5. The number of ether oxygens (including phenoxy) is 1. The van der Waals surface area contributed by atoms with Crippen molar-refractivity contribution in [3.63, 3.8) is 0 Å². The van der Waals surface area contributed by atoms with E-state index in [2.05, 4.69) is 4.72 Å². The highest BCUT2D eigenvalue weighted by Crippen LogP contribution is 2.39. The molecule has 0 spiro atoms. The molecule has 0 saturated heterocycles. The lowest BCUT2D eigenvalue weighted by Gasteiger charge is -2.18.